The minimum Gasteiger partial charge on any atom is -0.444 e. The molecule has 2 N–H and O–H groups in total. The number of Topliss-reactive ketones (excluding diaryl/α,β-unsaturated/α-hetero) is 1. The molecule has 3 heterocycles. The highest BCUT2D eigenvalue weighted by Gasteiger charge is 2.32. The summed E-state index contributed by atoms with van der Waals surface area (Å²) in [6.07, 6.45) is 9.32. The number of carbonyl (C=O) groups is 3. The molecule has 1 saturated carbocycles. The summed E-state index contributed by atoms with van der Waals surface area (Å²) in [5, 5.41) is 5.43. The van der Waals surface area contributed by atoms with Crippen molar-refractivity contribution in [2.75, 3.05) is 0 Å². The Bertz CT molecular complexity index is 1330. The number of rotatable bonds is 9. The van der Waals surface area contributed by atoms with Crippen LogP contribution in [0, 0.1) is 0 Å². The van der Waals surface area contributed by atoms with Crippen molar-refractivity contribution < 1.29 is 18.8 Å². The summed E-state index contributed by atoms with van der Waals surface area (Å²) in [4.78, 5) is 51.2. The van der Waals surface area contributed by atoms with Crippen LogP contribution in [0.4, 0.5) is 0 Å². The molecule has 176 valence electrons. The normalized spacial score (nSPS) is 13.7. The number of pyridine rings is 1. The Labute approximate surface area is 200 Å². The van der Waals surface area contributed by atoms with E-state index in [-0.39, 0.29) is 18.2 Å². The topological polar surface area (TPSA) is 132 Å². The Morgan fingerprint density at radius 3 is 2.57 bits per heavy atom. The average molecular weight is 470 g/mol. The Morgan fingerprint density at radius 1 is 1.06 bits per heavy atom. The fourth-order valence-electron chi connectivity index (χ4n) is 3.60. The van der Waals surface area contributed by atoms with Crippen molar-refractivity contribution in [2.24, 2.45) is 0 Å². The van der Waals surface area contributed by atoms with E-state index in [2.05, 4.69) is 25.6 Å². The van der Waals surface area contributed by atoms with Crippen molar-refractivity contribution in [2.45, 2.75) is 31.3 Å². The number of benzene rings is 1. The lowest BCUT2D eigenvalue weighted by atomic mass is 10.0. The third kappa shape index (κ3) is 5.16. The summed E-state index contributed by atoms with van der Waals surface area (Å²) in [7, 11) is 0. The van der Waals surface area contributed by atoms with Crippen LogP contribution in [0.3, 0.4) is 0 Å². The lowest BCUT2D eigenvalue weighted by Gasteiger charge is -2.18. The monoisotopic (exact) mass is 470 g/mol. The number of hydrogen-bond acceptors (Lipinski definition) is 7. The summed E-state index contributed by atoms with van der Waals surface area (Å²) in [6, 6.07) is 11.7. The van der Waals surface area contributed by atoms with Gasteiger partial charge in [0.05, 0.1) is 18.0 Å². The minimum absolute atomic E-state index is 0.0337. The zero-order valence-electron chi connectivity index (χ0n) is 18.6. The molecular weight excluding hydrogens is 448 g/mol. The van der Waals surface area contributed by atoms with Crippen LogP contribution in [0.25, 0.3) is 17.3 Å². The average Bonchev–Trinajstić information content (AvgIpc) is 3.33. The van der Waals surface area contributed by atoms with Crippen LogP contribution in [-0.2, 0) is 16.0 Å². The number of hydrogen-bond donors (Lipinski definition) is 2. The molecule has 0 radical (unpaired) electrons. The van der Waals surface area contributed by atoms with Gasteiger partial charge in [-0.3, -0.25) is 19.0 Å². The van der Waals surface area contributed by atoms with Gasteiger partial charge in [0, 0.05) is 18.7 Å². The summed E-state index contributed by atoms with van der Waals surface area (Å²) in [6.45, 7) is 0. The number of imidazole rings is 1. The molecule has 0 bridgehead atoms. The Kier molecular flexibility index (Phi) is 6.16. The summed E-state index contributed by atoms with van der Waals surface area (Å²) in [5.41, 5.74) is 1.68. The number of nitrogens with zero attached hydrogens (tertiary/aromatic N) is 4. The largest absolute Gasteiger partial charge is 0.444 e. The zero-order chi connectivity index (χ0) is 24.2. The van der Waals surface area contributed by atoms with Crippen molar-refractivity contribution in [1.82, 2.24) is 30.2 Å². The van der Waals surface area contributed by atoms with Crippen LogP contribution in [0.1, 0.15) is 28.9 Å². The Morgan fingerprint density at radius 2 is 1.89 bits per heavy atom. The van der Waals surface area contributed by atoms with Gasteiger partial charge in [0.1, 0.15) is 30.1 Å². The molecule has 1 aliphatic carbocycles. The van der Waals surface area contributed by atoms with E-state index in [1.807, 2.05) is 30.3 Å². The van der Waals surface area contributed by atoms with Gasteiger partial charge in [0.2, 0.25) is 11.7 Å². The predicted molar refractivity (Wildman–Crippen MR) is 124 cm³/mol. The maximum Gasteiger partial charge on any atom is 0.289 e. The molecule has 1 fully saturated rings. The molecule has 1 aliphatic rings. The highest BCUT2D eigenvalue weighted by Crippen LogP contribution is 2.19. The molecule has 0 saturated heterocycles. The maximum atomic E-state index is 13.2. The van der Waals surface area contributed by atoms with Crippen molar-refractivity contribution in [3.05, 3.63) is 84.9 Å². The van der Waals surface area contributed by atoms with E-state index in [9.17, 15) is 14.4 Å². The lowest BCUT2D eigenvalue weighted by Crippen LogP contribution is -2.49. The van der Waals surface area contributed by atoms with E-state index in [1.54, 1.807) is 24.5 Å². The van der Waals surface area contributed by atoms with Crippen molar-refractivity contribution >= 4 is 17.6 Å². The third-order valence-electron chi connectivity index (χ3n) is 5.59. The molecule has 10 heteroatoms. The second kappa shape index (κ2) is 9.72. The van der Waals surface area contributed by atoms with Crippen LogP contribution < -0.4 is 10.6 Å². The standard InChI is InChI=1S/C25H22N6O4/c32-22(24(34)29-18-7-8-18)19(12-16-4-2-1-3-5-16)30-23(33)20-14-26-15-31(20)21-9-6-17(13-28-21)25-27-10-11-35-25/h1-6,9-11,13-15,18-19H,7-8,12H2,(H,29,34)(H,30,33)/t19-/m0/s1. The highest BCUT2D eigenvalue weighted by molar-refractivity contribution is 6.38. The number of carbonyl (C=O) groups excluding carboxylic acids is 3. The first-order valence-corrected chi connectivity index (χ1v) is 11.2. The van der Waals surface area contributed by atoms with E-state index < -0.39 is 23.6 Å². The van der Waals surface area contributed by atoms with Crippen molar-refractivity contribution in [3.8, 4) is 17.3 Å². The SMILES string of the molecule is O=C(NC1CC1)C(=O)[C@H](Cc1ccccc1)NC(=O)c1cncn1-c1ccc(-c2ncco2)cn1. The Hall–Kier alpha value is -4.60. The first-order chi connectivity index (χ1) is 17.1. The predicted octanol–water partition coefficient (Wildman–Crippen LogP) is 2.11. The maximum absolute atomic E-state index is 13.2. The van der Waals surface area contributed by atoms with E-state index in [0.29, 0.717) is 17.3 Å². The number of amides is 2. The summed E-state index contributed by atoms with van der Waals surface area (Å²) < 4.78 is 6.78. The molecule has 0 spiro atoms. The minimum atomic E-state index is -1.03. The third-order valence-corrected chi connectivity index (χ3v) is 5.59. The summed E-state index contributed by atoms with van der Waals surface area (Å²) in [5.74, 6) is -1.05. The molecule has 2 amide bonds. The van der Waals surface area contributed by atoms with Crippen LogP contribution in [-0.4, -0.2) is 49.2 Å². The fourth-order valence-corrected chi connectivity index (χ4v) is 3.60. The number of nitrogens with one attached hydrogen (secondary N) is 2. The van der Waals surface area contributed by atoms with Gasteiger partial charge in [-0.15, -0.1) is 0 Å². The highest BCUT2D eigenvalue weighted by atomic mass is 16.3. The molecular formula is C25H22N6O4. The molecule has 0 unspecified atom stereocenters. The quantitative estimate of drug-likeness (QED) is 0.358. The molecule has 35 heavy (non-hydrogen) atoms. The van der Waals surface area contributed by atoms with Gasteiger partial charge in [-0.2, -0.15) is 0 Å². The number of oxazole rings is 1. The second-order valence-corrected chi connectivity index (χ2v) is 8.22. The van der Waals surface area contributed by atoms with E-state index >= 15 is 0 Å². The van der Waals surface area contributed by atoms with Gasteiger partial charge in [-0.1, -0.05) is 30.3 Å². The van der Waals surface area contributed by atoms with Gasteiger partial charge in [0.25, 0.3) is 11.8 Å². The number of aromatic nitrogens is 4. The molecule has 5 rings (SSSR count). The smallest absolute Gasteiger partial charge is 0.289 e. The first-order valence-electron chi connectivity index (χ1n) is 11.2. The van der Waals surface area contributed by atoms with Gasteiger partial charge in [0.15, 0.2) is 0 Å². The molecule has 1 atom stereocenters. The van der Waals surface area contributed by atoms with Gasteiger partial charge < -0.3 is 15.1 Å². The fraction of sp³-hybridized carbons (Fsp3) is 0.200. The van der Waals surface area contributed by atoms with Gasteiger partial charge in [-0.25, -0.2) is 15.0 Å². The van der Waals surface area contributed by atoms with Gasteiger partial charge in [-0.05, 0) is 30.5 Å². The van der Waals surface area contributed by atoms with Crippen molar-refractivity contribution in [3.63, 3.8) is 0 Å². The van der Waals surface area contributed by atoms with Crippen LogP contribution in [0.15, 0.2) is 78.1 Å². The summed E-state index contributed by atoms with van der Waals surface area (Å²) >= 11 is 0. The van der Waals surface area contributed by atoms with Crippen LogP contribution in [0.2, 0.25) is 0 Å². The molecule has 3 aromatic heterocycles. The molecule has 4 aromatic rings. The first kappa shape index (κ1) is 22.2. The van der Waals surface area contributed by atoms with E-state index in [1.165, 1.54) is 23.4 Å². The van der Waals surface area contributed by atoms with Crippen molar-refractivity contribution in [1.29, 1.82) is 0 Å². The lowest BCUT2D eigenvalue weighted by molar-refractivity contribution is -0.139. The molecule has 0 aliphatic heterocycles. The van der Waals surface area contributed by atoms with E-state index in [0.717, 1.165) is 18.4 Å². The molecule has 1 aromatic carbocycles. The number of ketones is 1. The molecule has 10 nitrogen and oxygen atoms in total. The van der Waals surface area contributed by atoms with E-state index in [4.69, 9.17) is 4.42 Å². The second-order valence-electron chi connectivity index (χ2n) is 8.22. The van der Waals surface area contributed by atoms with Gasteiger partial charge >= 0.3 is 0 Å². The zero-order valence-corrected chi connectivity index (χ0v) is 18.6. The van der Waals surface area contributed by atoms with Crippen LogP contribution in [0.5, 0.6) is 0 Å². The van der Waals surface area contributed by atoms with Crippen LogP contribution >= 0.6 is 0 Å². The Balaban J connectivity index is 1.36.